The van der Waals surface area contributed by atoms with E-state index in [-0.39, 0.29) is 5.91 Å². The number of carbonyl (C=O) groups excluding carboxylic acids is 1. The Labute approximate surface area is 160 Å². The first kappa shape index (κ1) is 19.5. The fourth-order valence-electron chi connectivity index (χ4n) is 3.21. The number of rotatable bonds is 6. The second kappa shape index (κ2) is 8.65. The maximum atomic E-state index is 12.5. The number of piperazine rings is 1. The van der Waals surface area contributed by atoms with Crippen LogP contribution in [-0.2, 0) is 10.0 Å². The van der Waals surface area contributed by atoms with Crippen molar-refractivity contribution < 1.29 is 13.2 Å². The van der Waals surface area contributed by atoms with Gasteiger partial charge in [0, 0.05) is 44.8 Å². The summed E-state index contributed by atoms with van der Waals surface area (Å²) < 4.78 is 27.5. The molecule has 0 saturated carbocycles. The van der Waals surface area contributed by atoms with E-state index in [4.69, 9.17) is 0 Å². The number of nitrogens with zero attached hydrogens (tertiary/aromatic N) is 2. The molecule has 2 aromatic carbocycles. The summed E-state index contributed by atoms with van der Waals surface area (Å²) in [6.45, 7) is 5.55. The van der Waals surface area contributed by atoms with Crippen LogP contribution >= 0.6 is 0 Å². The predicted molar refractivity (Wildman–Crippen MR) is 105 cm³/mol. The Morgan fingerprint density at radius 1 is 0.963 bits per heavy atom. The van der Waals surface area contributed by atoms with Crippen LogP contribution in [0.4, 0.5) is 0 Å². The number of hydrogen-bond donors (Lipinski definition) is 1. The number of carbonyl (C=O) groups is 1. The monoisotopic (exact) mass is 387 g/mol. The molecule has 1 N–H and O–H groups in total. The molecule has 0 aromatic heterocycles. The lowest BCUT2D eigenvalue weighted by Crippen LogP contribution is -2.50. The van der Waals surface area contributed by atoms with Crippen LogP contribution < -0.4 is 4.72 Å². The van der Waals surface area contributed by atoms with Gasteiger partial charge in [-0.15, -0.1) is 0 Å². The van der Waals surface area contributed by atoms with Gasteiger partial charge in [-0.25, -0.2) is 13.1 Å². The van der Waals surface area contributed by atoms with Crippen molar-refractivity contribution in [2.75, 3.05) is 39.3 Å². The Morgan fingerprint density at radius 3 is 2.26 bits per heavy atom. The molecule has 144 valence electrons. The zero-order valence-corrected chi connectivity index (χ0v) is 16.3. The Hall–Kier alpha value is -2.22. The first-order chi connectivity index (χ1) is 13.0. The molecule has 1 amide bonds. The molecule has 1 saturated heterocycles. The van der Waals surface area contributed by atoms with Crippen molar-refractivity contribution in [1.29, 1.82) is 0 Å². The summed E-state index contributed by atoms with van der Waals surface area (Å²) >= 11 is 0. The maximum absolute atomic E-state index is 12.5. The SMILES string of the molecule is Cc1ccccc1S(=O)(=O)NCCN1CCN(C(=O)c2ccccc2)CC1. The van der Waals surface area contributed by atoms with E-state index in [0.717, 1.165) is 18.7 Å². The number of benzene rings is 2. The van der Waals surface area contributed by atoms with E-state index >= 15 is 0 Å². The lowest BCUT2D eigenvalue weighted by Gasteiger charge is -2.34. The Morgan fingerprint density at radius 2 is 1.59 bits per heavy atom. The van der Waals surface area contributed by atoms with E-state index in [2.05, 4.69) is 9.62 Å². The number of aryl methyl sites for hydroxylation is 1. The van der Waals surface area contributed by atoms with E-state index in [1.165, 1.54) is 0 Å². The first-order valence-electron chi connectivity index (χ1n) is 9.09. The molecule has 0 unspecified atom stereocenters. The minimum Gasteiger partial charge on any atom is -0.336 e. The van der Waals surface area contributed by atoms with Crippen LogP contribution in [0.3, 0.4) is 0 Å². The van der Waals surface area contributed by atoms with Gasteiger partial charge in [0.1, 0.15) is 0 Å². The second-order valence-corrected chi connectivity index (χ2v) is 8.40. The zero-order valence-electron chi connectivity index (χ0n) is 15.5. The van der Waals surface area contributed by atoms with Crippen LogP contribution in [0.5, 0.6) is 0 Å². The number of nitrogens with one attached hydrogen (secondary N) is 1. The standard InChI is InChI=1S/C20H25N3O3S/c1-17-7-5-6-10-19(17)27(25,26)21-11-12-22-13-15-23(16-14-22)20(24)18-8-3-2-4-9-18/h2-10,21H,11-16H2,1H3. The molecule has 3 rings (SSSR count). The lowest BCUT2D eigenvalue weighted by atomic mass is 10.2. The Kier molecular flexibility index (Phi) is 6.26. The third-order valence-electron chi connectivity index (χ3n) is 4.78. The van der Waals surface area contributed by atoms with Crippen molar-refractivity contribution in [2.24, 2.45) is 0 Å². The molecule has 1 fully saturated rings. The maximum Gasteiger partial charge on any atom is 0.253 e. The molecule has 0 aliphatic carbocycles. The van der Waals surface area contributed by atoms with Gasteiger partial charge in [0.15, 0.2) is 0 Å². The number of hydrogen-bond acceptors (Lipinski definition) is 4. The van der Waals surface area contributed by atoms with Gasteiger partial charge in [-0.1, -0.05) is 36.4 Å². The van der Waals surface area contributed by atoms with Crippen molar-refractivity contribution >= 4 is 15.9 Å². The van der Waals surface area contributed by atoms with Crippen LogP contribution in [0, 0.1) is 6.92 Å². The highest BCUT2D eigenvalue weighted by molar-refractivity contribution is 7.89. The summed E-state index contributed by atoms with van der Waals surface area (Å²) in [5.41, 5.74) is 1.44. The fraction of sp³-hybridized carbons (Fsp3) is 0.350. The first-order valence-corrected chi connectivity index (χ1v) is 10.6. The average Bonchev–Trinajstić information content (AvgIpc) is 2.69. The van der Waals surface area contributed by atoms with Crippen molar-refractivity contribution in [3.8, 4) is 0 Å². The fourth-order valence-corrected chi connectivity index (χ4v) is 4.48. The average molecular weight is 388 g/mol. The van der Waals surface area contributed by atoms with Crippen LogP contribution in [0.1, 0.15) is 15.9 Å². The Bertz CT molecular complexity index is 876. The van der Waals surface area contributed by atoms with E-state index in [0.29, 0.717) is 36.6 Å². The zero-order chi connectivity index (χ0) is 19.3. The van der Waals surface area contributed by atoms with Gasteiger partial charge in [-0.2, -0.15) is 0 Å². The molecule has 0 atom stereocenters. The molecule has 0 bridgehead atoms. The number of sulfonamides is 1. The quantitative estimate of drug-likeness (QED) is 0.820. The van der Waals surface area contributed by atoms with E-state index in [1.807, 2.05) is 41.3 Å². The highest BCUT2D eigenvalue weighted by Crippen LogP contribution is 2.13. The minimum atomic E-state index is -3.49. The predicted octanol–water partition coefficient (Wildman–Crippen LogP) is 1.73. The van der Waals surface area contributed by atoms with E-state index < -0.39 is 10.0 Å². The molecule has 0 spiro atoms. The summed E-state index contributed by atoms with van der Waals surface area (Å²) in [5, 5.41) is 0. The summed E-state index contributed by atoms with van der Waals surface area (Å²) in [6.07, 6.45) is 0. The molecule has 1 aliphatic rings. The summed E-state index contributed by atoms with van der Waals surface area (Å²) in [4.78, 5) is 16.8. The van der Waals surface area contributed by atoms with E-state index in [9.17, 15) is 13.2 Å². The Balaban J connectivity index is 1.46. The molecular weight excluding hydrogens is 362 g/mol. The van der Waals surface area contributed by atoms with Gasteiger partial charge >= 0.3 is 0 Å². The molecule has 1 aliphatic heterocycles. The van der Waals surface area contributed by atoms with Gasteiger partial charge in [-0.3, -0.25) is 9.69 Å². The minimum absolute atomic E-state index is 0.0514. The smallest absolute Gasteiger partial charge is 0.253 e. The van der Waals surface area contributed by atoms with Crippen LogP contribution in [-0.4, -0.2) is 63.4 Å². The molecule has 2 aromatic rings. The third kappa shape index (κ3) is 4.94. The van der Waals surface area contributed by atoms with Gasteiger partial charge in [0.05, 0.1) is 4.90 Å². The van der Waals surface area contributed by atoms with Crippen molar-refractivity contribution in [2.45, 2.75) is 11.8 Å². The van der Waals surface area contributed by atoms with Crippen LogP contribution in [0.25, 0.3) is 0 Å². The van der Waals surface area contributed by atoms with Gasteiger partial charge < -0.3 is 4.90 Å². The lowest BCUT2D eigenvalue weighted by molar-refractivity contribution is 0.0640. The molecule has 0 radical (unpaired) electrons. The molecule has 6 nitrogen and oxygen atoms in total. The largest absolute Gasteiger partial charge is 0.336 e. The van der Waals surface area contributed by atoms with Gasteiger partial charge in [0.2, 0.25) is 10.0 Å². The number of amides is 1. The second-order valence-electron chi connectivity index (χ2n) is 6.66. The summed E-state index contributed by atoms with van der Waals surface area (Å²) in [6, 6.07) is 16.2. The summed E-state index contributed by atoms with van der Waals surface area (Å²) in [7, 11) is -3.49. The normalized spacial score (nSPS) is 15.7. The van der Waals surface area contributed by atoms with Crippen molar-refractivity contribution in [3.63, 3.8) is 0 Å². The van der Waals surface area contributed by atoms with Gasteiger partial charge in [0.25, 0.3) is 5.91 Å². The van der Waals surface area contributed by atoms with Crippen LogP contribution in [0.2, 0.25) is 0 Å². The molecular formula is C20H25N3O3S. The highest BCUT2D eigenvalue weighted by Gasteiger charge is 2.22. The van der Waals surface area contributed by atoms with Crippen molar-refractivity contribution in [1.82, 2.24) is 14.5 Å². The molecule has 27 heavy (non-hydrogen) atoms. The topological polar surface area (TPSA) is 69.7 Å². The van der Waals surface area contributed by atoms with Gasteiger partial charge in [-0.05, 0) is 30.7 Å². The third-order valence-corrected chi connectivity index (χ3v) is 6.40. The van der Waals surface area contributed by atoms with Crippen LogP contribution in [0.15, 0.2) is 59.5 Å². The van der Waals surface area contributed by atoms with Crippen molar-refractivity contribution in [3.05, 3.63) is 65.7 Å². The molecule has 7 heteroatoms. The highest BCUT2D eigenvalue weighted by atomic mass is 32.2. The van der Waals surface area contributed by atoms with E-state index in [1.54, 1.807) is 25.1 Å². The summed E-state index contributed by atoms with van der Waals surface area (Å²) in [5.74, 6) is 0.0514. The molecule has 1 heterocycles.